The van der Waals surface area contributed by atoms with Gasteiger partial charge in [-0.1, -0.05) is 57.2 Å². The molecule has 6 rings (SSSR count). The van der Waals surface area contributed by atoms with E-state index in [1.807, 2.05) is 54.9 Å². The monoisotopic (exact) mass is 681 g/mol. The summed E-state index contributed by atoms with van der Waals surface area (Å²) in [6.07, 6.45) is 6.14. The van der Waals surface area contributed by atoms with Crippen LogP contribution in [0.25, 0.3) is 11.4 Å². The lowest BCUT2D eigenvalue weighted by Gasteiger charge is -2.38. The molecule has 2 aromatic heterocycles. The zero-order valence-corrected chi connectivity index (χ0v) is 29.2. The van der Waals surface area contributed by atoms with Gasteiger partial charge in [-0.25, -0.2) is 9.97 Å². The fraction of sp³-hybridized carbons (Fsp3) is 0.395. The minimum atomic E-state index is -0.918. The van der Waals surface area contributed by atoms with Crippen LogP contribution in [-0.4, -0.2) is 77.1 Å². The Morgan fingerprint density at radius 2 is 1.61 bits per heavy atom. The van der Waals surface area contributed by atoms with Crippen molar-refractivity contribution in [3.8, 4) is 17.1 Å². The Hall–Kier alpha value is -4.77. The third-order valence-corrected chi connectivity index (χ3v) is 11.0. The topological polar surface area (TPSA) is 125 Å². The largest absolute Gasteiger partial charge is 0.497 e. The number of amides is 2. The van der Waals surface area contributed by atoms with Gasteiger partial charge in [-0.3, -0.25) is 14.4 Å². The highest BCUT2D eigenvalue weighted by Gasteiger charge is 2.39. The molecule has 2 aliphatic rings. The summed E-state index contributed by atoms with van der Waals surface area (Å²) in [5.41, 5.74) is 3.96. The number of benzene rings is 2. The number of nitrogens with one attached hydrogen (secondary N) is 1. The van der Waals surface area contributed by atoms with E-state index in [1.54, 1.807) is 13.2 Å². The Kier molecular flexibility index (Phi) is 10.0. The standard InChI is InChI=1S/C38H43N5O5S/c1-38(2,3)33-14-13-32(49-33)35(44)41-31(36(45)43-22-28(23-43)37(46)47)19-24-5-7-27(8-6-24)34-39-20-29(21-40-34)42-17-15-26(16-18-42)25-9-11-30(48-4)12-10-25/h5-14,20-21,26,28,31H,15-19,22-23H2,1-4H3,(H,41,44)(H,46,47). The van der Waals surface area contributed by atoms with Crippen LogP contribution < -0.4 is 15.0 Å². The number of thiophene rings is 1. The van der Waals surface area contributed by atoms with Crippen molar-refractivity contribution in [2.45, 2.75) is 57.4 Å². The van der Waals surface area contributed by atoms with Crippen molar-refractivity contribution in [3.63, 3.8) is 0 Å². The summed E-state index contributed by atoms with van der Waals surface area (Å²) in [6.45, 7) is 8.42. The lowest BCUT2D eigenvalue weighted by Crippen LogP contribution is -2.59. The maximum Gasteiger partial charge on any atom is 0.310 e. The average molecular weight is 682 g/mol. The van der Waals surface area contributed by atoms with Crippen LogP contribution in [0.4, 0.5) is 5.69 Å². The number of carbonyl (C=O) groups is 3. The molecule has 0 aliphatic carbocycles. The number of likely N-dealkylation sites (tertiary alicyclic amines) is 1. The molecule has 0 bridgehead atoms. The van der Waals surface area contributed by atoms with Gasteiger partial charge in [0.25, 0.3) is 5.91 Å². The molecular weight excluding hydrogens is 639 g/mol. The number of ether oxygens (including phenoxy) is 1. The minimum Gasteiger partial charge on any atom is -0.497 e. The van der Waals surface area contributed by atoms with E-state index in [1.165, 1.54) is 21.8 Å². The van der Waals surface area contributed by atoms with Crippen molar-refractivity contribution in [2.75, 3.05) is 38.2 Å². The van der Waals surface area contributed by atoms with Gasteiger partial charge in [0.05, 0.1) is 36.0 Å². The molecule has 2 saturated heterocycles. The average Bonchev–Trinajstić information content (AvgIpc) is 3.60. The molecule has 49 heavy (non-hydrogen) atoms. The van der Waals surface area contributed by atoms with Gasteiger partial charge < -0.3 is 25.0 Å². The number of hydrogen-bond donors (Lipinski definition) is 2. The van der Waals surface area contributed by atoms with Crippen molar-refractivity contribution in [1.29, 1.82) is 0 Å². The van der Waals surface area contributed by atoms with Gasteiger partial charge >= 0.3 is 5.97 Å². The van der Waals surface area contributed by atoms with E-state index in [4.69, 9.17) is 4.74 Å². The van der Waals surface area contributed by atoms with E-state index < -0.39 is 17.9 Å². The van der Waals surface area contributed by atoms with Gasteiger partial charge in [-0.05, 0) is 59.6 Å². The molecule has 2 N–H and O–H groups in total. The van der Waals surface area contributed by atoms with Crippen LogP contribution in [0.5, 0.6) is 5.75 Å². The van der Waals surface area contributed by atoms with Gasteiger partial charge in [0.2, 0.25) is 5.91 Å². The number of nitrogens with zero attached hydrogens (tertiary/aromatic N) is 4. The van der Waals surface area contributed by atoms with Crippen LogP contribution in [-0.2, 0) is 21.4 Å². The molecule has 2 amide bonds. The molecular formula is C38H43N5O5S. The number of methoxy groups -OCH3 is 1. The quantitative estimate of drug-likeness (QED) is 0.216. The van der Waals surface area contributed by atoms with E-state index in [0.29, 0.717) is 16.6 Å². The summed E-state index contributed by atoms with van der Waals surface area (Å²) in [5, 5.41) is 12.2. The summed E-state index contributed by atoms with van der Waals surface area (Å²) in [6, 6.07) is 19.0. The van der Waals surface area contributed by atoms with Crippen molar-refractivity contribution in [2.24, 2.45) is 5.92 Å². The number of hydrogen-bond acceptors (Lipinski definition) is 8. The maximum atomic E-state index is 13.5. The summed E-state index contributed by atoms with van der Waals surface area (Å²) in [4.78, 5) is 52.9. The predicted molar refractivity (Wildman–Crippen MR) is 190 cm³/mol. The maximum absolute atomic E-state index is 13.5. The molecule has 11 heteroatoms. The highest BCUT2D eigenvalue weighted by Crippen LogP contribution is 2.32. The van der Waals surface area contributed by atoms with Gasteiger partial charge in [0.15, 0.2) is 5.82 Å². The lowest BCUT2D eigenvalue weighted by molar-refractivity contribution is -0.153. The molecule has 2 aromatic carbocycles. The third-order valence-electron chi connectivity index (χ3n) is 9.45. The van der Waals surface area contributed by atoms with Gasteiger partial charge in [0.1, 0.15) is 11.8 Å². The SMILES string of the molecule is COc1ccc(C2CCN(c3cnc(-c4ccc(CC(NC(=O)c5ccc(C(C)(C)C)s5)C(=O)N5CC(C(=O)O)C5)cc4)nc3)CC2)cc1. The van der Waals surface area contributed by atoms with E-state index in [2.05, 4.69) is 53.1 Å². The molecule has 4 aromatic rings. The number of aromatic nitrogens is 2. The van der Waals surface area contributed by atoms with E-state index in [9.17, 15) is 19.5 Å². The molecule has 1 atom stereocenters. The van der Waals surface area contributed by atoms with Crippen molar-refractivity contribution < 1.29 is 24.2 Å². The molecule has 2 aliphatic heterocycles. The first kappa shape index (κ1) is 34.1. The van der Waals surface area contributed by atoms with Crippen LogP contribution in [0.1, 0.15) is 65.2 Å². The molecule has 1 unspecified atom stereocenters. The Morgan fingerprint density at radius 3 is 2.18 bits per heavy atom. The number of aliphatic carboxylic acids is 1. The number of rotatable bonds is 10. The number of carbonyl (C=O) groups excluding carboxylic acids is 2. The van der Waals surface area contributed by atoms with E-state index in [0.717, 1.165) is 53.4 Å². The van der Waals surface area contributed by atoms with Gasteiger partial charge in [-0.15, -0.1) is 11.3 Å². The van der Waals surface area contributed by atoms with Crippen molar-refractivity contribution >= 4 is 34.8 Å². The summed E-state index contributed by atoms with van der Waals surface area (Å²) < 4.78 is 5.30. The Morgan fingerprint density at radius 1 is 0.959 bits per heavy atom. The second-order valence-electron chi connectivity index (χ2n) is 13.9. The molecule has 4 heterocycles. The summed E-state index contributed by atoms with van der Waals surface area (Å²) >= 11 is 1.41. The summed E-state index contributed by atoms with van der Waals surface area (Å²) in [5.74, 6) is -0.0916. The van der Waals surface area contributed by atoms with Crippen LogP contribution in [0.2, 0.25) is 0 Å². The lowest BCUT2D eigenvalue weighted by atomic mass is 9.89. The number of piperidine rings is 1. The van der Waals surface area contributed by atoms with E-state index in [-0.39, 0.29) is 36.7 Å². The first-order valence-corrected chi connectivity index (χ1v) is 17.5. The van der Waals surface area contributed by atoms with Crippen LogP contribution in [0.15, 0.2) is 73.1 Å². The van der Waals surface area contributed by atoms with E-state index >= 15 is 0 Å². The van der Waals surface area contributed by atoms with Crippen LogP contribution in [0.3, 0.4) is 0 Å². The molecule has 10 nitrogen and oxygen atoms in total. The number of anilines is 1. The fourth-order valence-electron chi connectivity index (χ4n) is 6.33. The summed E-state index contributed by atoms with van der Waals surface area (Å²) in [7, 11) is 1.68. The third kappa shape index (κ3) is 7.94. The zero-order chi connectivity index (χ0) is 34.7. The smallest absolute Gasteiger partial charge is 0.310 e. The second-order valence-corrected chi connectivity index (χ2v) is 15.0. The number of carboxylic acids is 1. The van der Waals surface area contributed by atoms with Crippen LogP contribution in [0, 0.1) is 5.92 Å². The first-order valence-electron chi connectivity index (χ1n) is 16.7. The van der Waals surface area contributed by atoms with Crippen LogP contribution >= 0.6 is 11.3 Å². The van der Waals surface area contributed by atoms with Gasteiger partial charge in [0, 0.05) is 43.0 Å². The zero-order valence-electron chi connectivity index (χ0n) is 28.4. The molecule has 0 saturated carbocycles. The van der Waals surface area contributed by atoms with Crippen molar-refractivity contribution in [1.82, 2.24) is 20.2 Å². The Labute approximate surface area is 291 Å². The highest BCUT2D eigenvalue weighted by atomic mass is 32.1. The van der Waals surface area contributed by atoms with Gasteiger partial charge in [-0.2, -0.15) is 0 Å². The molecule has 0 spiro atoms. The molecule has 0 radical (unpaired) electrons. The normalized spacial score (nSPS) is 16.2. The molecule has 2 fully saturated rings. The highest BCUT2D eigenvalue weighted by molar-refractivity contribution is 7.14. The fourth-order valence-corrected chi connectivity index (χ4v) is 7.30. The Balaban J connectivity index is 1.09. The number of carboxylic acid groups (broad SMARTS) is 1. The molecule has 256 valence electrons. The van der Waals surface area contributed by atoms with Crippen molar-refractivity contribution in [3.05, 3.63) is 93.9 Å². The first-order chi connectivity index (χ1) is 23.5. The minimum absolute atomic E-state index is 0.0940. The Bertz CT molecular complexity index is 1770. The predicted octanol–water partition coefficient (Wildman–Crippen LogP) is 5.78. The second kappa shape index (κ2) is 14.4.